The van der Waals surface area contributed by atoms with Crippen molar-refractivity contribution in [2.75, 3.05) is 6.54 Å². The maximum absolute atomic E-state index is 14.9. The third-order valence-corrected chi connectivity index (χ3v) is 7.74. The van der Waals surface area contributed by atoms with Crippen molar-refractivity contribution in [1.29, 1.82) is 0 Å². The Morgan fingerprint density at radius 1 is 1.29 bits per heavy atom. The van der Waals surface area contributed by atoms with Crippen LogP contribution in [0.5, 0.6) is 0 Å². The minimum absolute atomic E-state index is 0.0697. The molecule has 2 aliphatic heterocycles. The highest BCUT2D eigenvalue weighted by Gasteiger charge is 2.45. The lowest BCUT2D eigenvalue weighted by Crippen LogP contribution is -2.44. The van der Waals surface area contributed by atoms with Gasteiger partial charge in [0.1, 0.15) is 12.4 Å². The quantitative estimate of drug-likeness (QED) is 0.363. The fraction of sp³-hybridized carbons (Fsp3) is 0.333. The number of fused-ring (bicyclic) bond motifs is 5. The summed E-state index contributed by atoms with van der Waals surface area (Å²) in [6, 6.07) is 3.13. The molecule has 4 heterocycles. The minimum atomic E-state index is -1.90. The maximum Gasteiger partial charge on any atom is 0.343 e. The van der Waals surface area contributed by atoms with Crippen LogP contribution in [0.15, 0.2) is 28.0 Å². The van der Waals surface area contributed by atoms with Gasteiger partial charge in [-0.1, -0.05) is 13.0 Å². The molecule has 1 aliphatic carbocycles. The van der Waals surface area contributed by atoms with Crippen LogP contribution >= 0.6 is 0 Å². The predicted molar refractivity (Wildman–Crippen MR) is 130 cm³/mol. The zero-order chi connectivity index (χ0) is 24.6. The average molecular weight is 474 g/mol. The molecule has 178 valence electrons. The molecule has 0 unspecified atom stereocenters. The number of carbonyl (C=O) groups excluding carboxylic acids is 1. The Hall–Kier alpha value is -3.65. The van der Waals surface area contributed by atoms with Crippen LogP contribution in [0.25, 0.3) is 27.9 Å². The molecule has 1 N–H and O–H groups in total. The summed E-state index contributed by atoms with van der Waals surface area (Å²) in [6.07, 6.45) is 3.52. The van der Waals surface area contributed by atoms with E-state index in [0.29, 0.717) is 42.0 Å². The van der Waals surface area contributed by atoms with Crippen LogP contribution in [0.3, 0.4) is 0 Å². The van der Waals surface area contributed by atoms with Gasteiger partial charge in [-0.3, -0.25) is 9.79 Å². The first-order valence-corrected chi connectivity index (χ1v) is 11.7. The van der Waals surface area contributed by atoms with Gasteiger partial charge in [-0.2, -0.15) is 0 Å². The van der Waals surface area contributed by atoms with E-state index in [9.17, 15) is 19.1 Å². The number of pyridine rings is 2. The molecular formula is C27H24FN3O4. The molecule has 1 atom stereocenters. The molecule has 0 saturated heterocycles. The van der Waals surface area contributed by atoms with E-state index in [1.54, 1.807) is 24.5 Å². The number of esters is 1. The molecule has 0 radical (unpaired) electrons. The molecule has 6 rings (SSSR count). The Balaban J connectivity index is 1.70. The lowest BCUT2D eigenvalue weighted by atomic mass is 9.81. The summed E-state index contributed by atoms with van der Waals surface area (Å²) >= 11 is 0. The van der Waals surface area contributed by atoms with Crippen molar-refractivity contribution in [1.82, 2.24) is 9.55 Å². The standard InChI is InChI=1S/C27H24FN3O4/c1-4-27(34)18-9-21-24-16(11-31(21)25(32)17(18)12-35-26(27)33)22-14(7-8-29-3)5-6-15-13(2)19(28)10-20(30-24)23(15)22/h7,9-10,34H,3-6,8,11-12H2,1-2H3/b14-7+/t27-/m0/s1. The van der Waals surface area contributed by atoms with Gasteiger partial charge in [0.2, 0.25) is 0 Å². The van der Waals surface area contributed by atoms with Crippen LogP contribution in [-0.2, 0) is 34.7 Å². The second-order valence-corrected chi connectivity index (χ2v) is 9.41. The van der Waals surface area contributed by atoms with Crippen molar-refractivity contribution >= 4 is 29.2 Å². The second-order valence-electron chi connectivity index (χ2n) is 9.41. The van der Waals surface area contributed by atoms with Crippen LogP contribution in [-0.4, -0.2) is 33.9 Å². The Morgan fingerprint density at radius 3 is 2.83 bits per heavy atom. The fourth-order valence-corrected chi connectivity index (χ4v) is 5.82. The third-order valence-electron chi connectivity index (χ3n) is 7.74. The number of aryl methyl sites for hydroxylation is 1. The van der Waals surface area contributed by atoms with Crippen LogP contribution in [0, 0.1) is 12.7 Å². The number of rotatable bonds is 3. The number of benzene rings is 1. The number of hydrogen-bond donors (Lipinski definition) is 1. The number of halogens is 1. The Kier molecular flexibility index (Phi) is 4.63. The van der Waals surface area contributed by atoms with Crippen molar-refractivity contribution in [3.05, 3.63) is 67.8 Å². The predicted octanol–water partition coefficient (Wildman–Crippen LogP) is 3.56. The van der Waals surface area contributed by atoms with Crippen LogP contribution in [0.2, 0.25) is 0 Å². The highest BCUT2D eigenvalue weighted by molar-refractivity contribution is 6.01. The van der Waals surface area contributed by atoms with E-state index in [0.717, 1.165) is 34.1 Å². The number of hydrogen-bond acceptors (Lipinski definition) is 6. The van der Waals surface area contributed by atoms with E-state index in [2.05, 4.69) is 11.7 Å². The van der Waals surface area contributed by atoms with E-state index >= 15 is 0 Å². The summed E-state index contributed by atoms with van der Waals surface area (Å²) in [7, 11) is 0. The summed E-state index contributed by atoms with van der Waals surface area (Å²) in [5.74, 6) is -1.07. The lowest BCUT2D eigenvalue weighted by Gasteiger charge is -2.31. The number of cyclic esters (lactones) is 1. The summed E-state index contributed by atoms with van der Waals surface area (Å²) in [4.78, 5) is 34.8. The minimum Gasteiger partial charge on any atom is -0.458 e. The summed E-state index contributed by atoms with van der Waals surface area (Å²) < 4.78 is 21.6. The summed E-state index contributed by atoms with van der Waals surface area (Å²) in [6.45, 7) is 7.61. The molecule has 0 amide bonds. The van der Waals surface area contributed by atoms with Crippen molar-refractivity contribution in [2.45, 2.75) is 51.9 Å². The molecule has 0 saturated carbocycles. The largest absolute Gasteiger partial charge is 0.458 e. The molecule has 3 aromatic rings. The molecule has 1 aromatic carbocycles. The number of ether oxygens (including phenoxy) is 1. The molecule has 0 spiro atoms. The van der Waals surface area contributed by atoms with Crippen molar-refractivity contribution in [2.24, 2.45) is 4.99 Å². The Labute approximate surface area is 200 Å². The molecular weight excluding hydrogens is 449 g/mol. The molecule has 0 fully saturated rings. The van der Waals surface area contributed by atoms with Gasteiger partial charge in [-0.15, -0.1) is 0 Å². The summed E-state index contributed by atoms with van der Waals surface area (Å²) in [5.41, 5.74) is 4.42. The first-order chi connectivity index (χ1) is 16.8. The van der Waals surface area contributed by atoms with Gasteiger partial charge >= 0.3 is 5.97 Å². The molecule has 0 bridgehead atoms. The van der Waals surface area contributed by atoms with E-state index < -0.39 is 11.6 Å². The van der Waals surface area contributed by atoms with E-state index in [1.165, 1.54) is 6.07 Å². The van der Waals surface area contributed by atoms with Gasteiger partial charge < -0.3 is 14.4 Å². The van der Waals surface area contributed by atoms with E-state index in [-0.39, 0.29) is 35.5 Å². The molecule has 7 nitrogen and oxygen atoms in total. The van der Waals surface area contributed by atoms with Gasteiger partial charge in [0.15, 0.2) is 5.60 Å². The Bertz CT molecular complexity index is 1590. The van der Waals surface area contributed by atoms with Crippen LogP contribution in [0.4, 0.5) is 4.39 Å². The number of aliphatic hydroxyl groups is 1. The average Bonchev–Trinajstić information content (AvgIpc) is 3.22. The highest BCUT2D eigenvalue weighted by atomic mass is 19.1. The maximum atomic E-state index is 14.9. The number of carbonyl (C=O) groups is 1. The normalized spacial score (nSPS) is 21.0. The summed E-state index contributed by atoms with van der Waals surface area (Å²) in [5, 5.41) is 12.0. The fourth-order valence-electron chi connectivity index (χ4n) is 5.82. The zero-order valence-corrected chi connectivity index (χ0v) is 19.6. The molecule has 8 heteroatoms. The molecule has 2 aromatic heterocycles. The highest BCUT2D eigenvalue weighted by Crippen LogP contribution is 2.46. The first-order valence-electron chi connectivity index (χ1n) is 11.7. The smallest absolute Gasteiger partial charge is 0.343 e. The zero-order valence-electron chi connectivity index (χ0n) is 19.6. The molecule has 35 heavy (non-hydrogen) atoms. The van der Waals surface area contributed by atoms with Gasteiger partial charge in [0.05, 0.1) is 35.6 Å². The van der Waals surface area contributed by atoms with Gasteiger partial charge in [-0.05, 0) is 61.2 Å². The second kappa shape index (κ2) is 7.42. The van der Waals surface area contributed by atoms with Gasteiger partial charge in [0.25, 0.3) is 5.56 Å². The van der Waals surface area contributed by atoms with Crippen LogP contribution < -0.4 is 5.56 Å². The molecule has 3 aliphatic rings. The van der Waals surface area contributed by atoms with Gasteiger partial charge in [0, 0.05) is 22.6 Å². The monoisotopic (exact) mass is 473 g/mol. The van der Waals surface area contributed by atoms with E-state index in [4.69, 9.17) is 9.72 Å². The first kappa shape index (κ1) is 21.9. The van der Waals surface area contributed by atoms with Crippen molar-refractivity contribution in [3.63, 3.8) is 0 Å². The van der Waals surface area contributed by atoms with Crippen molar-refractivity contribution < 1.29 is 19.0 Å². The lowest BCUT2D eigenvalue weighted by molar-refractivity contribution is -0.172. The van der Waals surface area contributed by atoms with Crippen LogP contribution in [0.1, 0.15) is 53.1 Å². The number of aliphatic imine (C=N–C) groups is 1. The Morgan fingerprint density at radius 2 is 2.09 bits per heavy atom. The number of aromatic nitrogens is 2. The number of nitrogens with zero attached hydrogens (tertiary/aromatic N) is 3. The van der Waals surface area contributed by atoms with E-state index in [1.807, 2.05) is 6.08 Å². The van der Waals surface area contributed by atoms with Crippen molar-refractivity contribution in [3.8, 4) is 11.4 Å². The third kappa shape index (κ3) is 2.80. The topological polar surface area (TPSA) is 93.8 Å². The number of allylic oxidation sites excluding steroid dienone is 1. The SMILES string of the molecule is C=NC/C=C1\CCc2c(C)c(F)cc3nc4c(c1c23)Cn1c-4cc2c(c1=O)COC(=O)[C@]2(O)CC. The van der Waals surface area contributed by atoms with Gasteiger partial charge in [-0.25, -0.2) is 14.2 Å².